The van der Waals surface area contributed by atoms with E-state index in [1.165, 1.54) is 43.1 Å². The third-order valence-corrected chi connectivity index (χ3v) is 5.10. The Kier molecular flexibility index (Phi) is 4.71. The summed E-state index contributed by atoms with van der Waals surface area (Å²) in [7, 11) is 0. The summed E-state index contributed by atoms with van der Waals surface area (Å²) in [5, 5.41) is 2.66. The van der Waals surface area contributed by atoms with Crippen molar-refractivity contribution in [3.05, 3.63) is 29.8 Å². The molecule has 1 heterocycles. The van der Waals surface area contributed by atoms with Crippen molar-refractivity contribution in [3.8, 4) is 0 Å². The van der Waals surface area contributed by atoms with E-state index < -0.39 is 11.6 Å². The molecule has 22 heavy (non-hydrogen) atoms. The van der Waals surface area contributed by atoms with Crippen LogP contribution in [0, 0.1) is 23.5 Å². The molecule has 1 amide bonds. The van der Waals surface area contributed by atoms with Crippen LogP contribution in [0.25, 0.3) is 0 Å². The van der Waals surface area contributed by atoms with Gasteiger partial charge >= 0.3 is 0 Å². The topological polar surface area (TPSA) is 33.5 Å². The first-order valence-electron chi connectivity index (χ1n) is 8.20. The van der Waals surface area contributed by atoms with E-state index in [9.17, 15) is 13.6 Å². The highest BCUT2D eigenvalue weighted by Crippen LogP contribution is 2.32. The van der Waals surface area contributed by atoms with Gasteiger partial charge < -0.3 is 10.2 Å². The number of likely N-dealkylation sites (tertiary alicyclic amines) is 1. The minimum absolute atomic E-state index is 0.129. The van der Waals surface area contributed by atoms with E-state index in [0.717, 1.165) is 37.1 Å². The zero-order valence-electron chi connectivity index (χ0n) is 12.7. The standard InChI is InChI=1S/C17H22F2N2O/c18-15-6-5-14(9-16(15)19)20-17(22)11-21-8-7-12-3-1-2-4-13(12)10-21/h5-6,9,12-13H,1-4,7-8,10-11H2,(H,20,22)/p+1/t12-,13-/m1/s1. The maximum absolute atomic E-state index is 13.1. The maximum Gasteiger partial charge on any atom is 0.279 e. The number of fused-ring (bicyclic) bond motifs is 1. The molecule has 1 aliphatic heterocycles. The van der Waals surface area contributed by atoms with Gasteiger partial charge in [-0.25, -0.2) is 8.78 Å². The van der Waals surface area contributed by atoms with E-state index in [-0.39, 0.29) is 5.91 Å². The lowest BCUT2D eigenvalue weighted by Gasteiger charge is -2.38. The third kappa shape index (κ3) is 3.64. The molecule has 0 spiro atoms. The summed E-state index contributed by atoms with van der Waals surface area (Å²) in [6.07, 6.45) is 6.51. The Morgan fingerprint density at radius 2 is 1.91 bits per heavy atom. The van der Waals surface area contributed by atoms with Crippen molar-refractivity contribution in [3.63, 3.8) is 0 Å². The van der Waals surface area contributed by atoms with Gasteiger partial charge in [-0.3, -0.25) is 4.79 Å². The zero-order valence-corrected chi connectivity index (χ0v) is 12.7. The van der Waals surface area contributed by atoms with Crippen LogP contribution in [-0.2, 0) is 4.79 Å². The molecule has 1 saturated carbocycles. The summed E-state index contributed by atoms with van der Waals surface area (Å²) in [5.74, 6) is -0.355. The Labute approximate surface area is 129 Å². The van der Waals surface area contributed by atoms with Gasteiger partial charge in [-0.05, 0) is 37.3 Å². The van der Waals surface area contributed by atoms with Crippen molar-refractivity contribution in [2.24, 2.45) is 11.8 Å². The van der Waals surface area contributed by atoms with Gasteiger partial charge in [0.15, 0.2) is 18.2 Å². The van der Waals surface area contributed by atoms with E-state index >= 15 is 0 Å². The Bertz CT molecular complexity index is 549. The Balaban J connectivity index is 1.52. The minimum atomic E-state index is -0.937. The largest absolute Gasteiger partial charge is 0.327 e. The molecular weight excluding hydrogens is 286 g/mol. The fraction of sp³-hybridized carbons (Fsp3) is 0.588. The molecule has 5 heteroatoms. The van der Waals surface area contributed by atoms with Crippen LogP contribution in [0.5, 0.6) is 0 Å². The van der Waals surface area contributed by atoms with Crippen LogP contribution >= 0.6 is 0 Å². The second-order valence-electron chi connectivity index (χ2n) is 6.65. The number of anilines is 1. The van der Waals surface area contributed by atoms with Crippen molar-refractivity contribution >= 4 is 11.6 Å². The smallest absolute Gasteiger partial charge is 0.279 e. The number of nitrogens with one attached hydrogen (secondary N) is 2. The number of rotatable bonds is 3. The normalized spacial score (nSPS) is 28.0. The molecule has 2 fully saturated rings. The third-order valence-electron chi connectivity index (χ3n) is 5.10. The van der Waals surface area contributed by atoms with Crippen LogP contribution in [0.1, 0.15) is 32.1 Å². The van der Waals surface area contributed by atoms with Gasteiger partial charge in [0, 0.05) is 17.7 Å². The summed E-state index contributed by atoms with van der Waals surface area (Å²) in [6.45, 7) is 2.50. The lowest BCUT2D eigenvalue weighted by molar-refractivity contribution is -0.902. The summed E-state index contributed by atoms with van der Waals surface area (Å²) in [5.41, 5.74) is 0.316. The molecule has 3 nitrogen and oxygen atoms in total. The highest BCUT2D eigenvalue weighted by atomic mass is 19.2. The van der Waals surface area contributed by atoms with Crippen molar-refractivity contribution in [2.45, 2.75) is 32.1 Å². The molecule has 120 valence electrons. The van der Waals surface area contributed by atoms with E-state index in [1.54, 1.807) is 0 Å². The highest BCUT2D eigenvalue weighted by Gasteiger charge is 2.34. The first kappa shape index (κ1) is 15.4. The van der Waals surface area contributed by atoms with Gasteiger partial charge in [-0.2, -0.15) is 0 Å². The van der Waals surface area contributed by atoms with Crippen LogP contribution in [0.2, 0.25) is 0 Å². The van der Waals surface area contributed by atoms with Gasteiger partial charge in [0.05, 0.1) is 13.1 Å². The number of carbonyl (C=O) groups excluding carboxylic acids is 1. The number of halogens is 2. The maximum atomic E-state index is 13.1. The fourth-order valence-corrected chi connectivity index (χ4v) is 3.96. The average Bonchev–Trinajstić information content (AvgIpc) is 2.51. The predicted octanol–water partition coefficient (Wildman–Crippen LogP) is 2.00. The number of benzene rings is 1. The molecule has 3 rings (SSSR count). The second-order valence-corrected chi connectivity index (χ2v) is 6.65. The van der Waals surface area contributed by atoms with E-state index in [2.05, 4.69) is 5.32 Å². The molecule has 1 aromatic rings. The van der Waals surface area contributed by atoms with Crippen LogP contribution in [-0.4, -0.2) is 25.5 Å². The first-order chi connectivity index (χ1) is 10.6. The van der Waals surface area contributed by atoms with Crippen molar-refractivity contribution in [1.82, 2.24) is 0 Å². The average molecular weight is 309 g/mol. The Hall–Kier alpha value is -1.49. The number of hydrogen-bond donors (Lipinski definition) is 2. The molecule has 2 aliphatic rings. The van der Waals surface area contributed by atoms with Gasteiger partial charge in [-0.15, -0.1) is 0 Å². The number of amides is 1. The number of hydrogen-bond acceptors (Lipinski definition) is 1. The van der Waals surface area contributed by atoms with Crippen LogP contribution in [0.15, 0.2) is 18.2 Å². The van der Waals surface area contributed by atoms with E-state index in [4.69, 9.17) is 0 Å². The number of piperidine rings is 1. The Morgan fingerprint density at radius 1 is 1.14 bits per heavy atom. The van der Waals surface area contributed by atoms with E-state index in [1.807, 2.05) is 0 Å². The quantitative estimate of drug-likeness (QED) is 0.880. The predicted molar refractivity (Wildman–Crippen MR) is 80.6 cm³/mol. The molecule has 0 bridgehead atoms. The summed E-state index contributed by atoms with van der Waals surface area (Å²) >= 11 is 0. The zero-order chi connectivity index (χ0) is 15.5. The molecular formula is C17H23F2N2O+. The monoisotopic (exact) mass is 309 g/mol. The van der Waals surface area contributed by atoms with Gasteiger partial charge in [0.1, 0.15) is 0 Å². The van der Waals surface area contributed by atoms with Crippen molar-refractivity contribution < 1.29 is 18.5 Å². The molecule has 1 saturated heterocycles. The number of carbonyl (C=O) groups is 1. The number of quaternary nitrogens is 1. The molecule has 0 radical (unpaired) electrons. The molecule has 1 aliphatic carbocycles. The molecule has 1 unspecified atom stereocenters. The summed E-state index contributed by atoms with van der Waals surface area (Å²) < 4.78 is 26.0. The van der Waals surface area contributed by atoms with Crippen LogP contribution in [0.3, 0.4) is 0 Å². The lowest BCUT2D eigenvalue weighted by Crippen LogP contribution is -3.15. The molecule has 2 N–H and O–H groups in total. The van der Waals surface area contributed by atoms with Crippen molar-refractivity contribution in [1.29, 1.82) is 0 Å². The van der Waals surface area contributed by atoms with Crippen molar-refractivity contribution in [2.75, 3.05) is 25.0 Å². The molecule has 3 atom stereocenters. The lowest BCUT2D eigenvalue weighted by atomic mass is 9.75. The van der Waals surface area contributed by atoms with Gasteiger partial charge in [0.2, 0.25) is 0 Å². The SMILES string of the molecule is O=C(C[NH+]1CC[C@H]2CCCC[C@@H]2C1)Nc1ccc(F)c(F)c1. The summed E-state index contributed by atoms with van der Waals surface area (Å²) in [4.78, 5) is 13.4. The van der Waals surface area contributed by atoms with Crippen LogP contribution in [0.4, 0.5) is 14.5 Å². The highest BCUT2D eigenvalue weighted by molar-refractivity contribution is 5.91. The van der Waals surface area contributed by atoms with Gasteiger partial charge in [0.25, 0.3) is 5.91 Å². The molecule has 1 aromatic carbocycles. The van der Waals surface area contributed by atoms with Crippen LogP contribution < -0.4 is 10.2 Å². The summed E-state index contributed by atoms with van der Waals surface area (Å²) in [6, 6.07) is 3.44. The first-order valence-corrected chi connectivity index (χ1v) is 8.20. The molecule has 0 aromatic heterocycles. The fourth-order valence-electron chi connectivity index (χ4n) is 3.96. The van der Waals surface area contributed by atoms with Gasteiger partial charge in [-0.1, -0.05) is 12.8 Å². The Morgan fingerprint density at radius 3 is 2.68 bits per heavy atom. The second kappa shape index (κ2) is 6.73. The minimum Gasteiger partial charge on any atom is -0.327 e. The van der Waals surface area contributed by atoms with E-state index in [0.29, 0.717) is 12.2 Å².